The van der Waals surface area contributed by atoms with E-state index in [9.17, 15) is 9.59 Å². The number of hydrogen-bond acceptors (Lipinski definition) is 3. The number of carbonyl (C=O) groups is 2. The van der Waals surface area contributed by atoms with E-state index in [-0.39, 0.29) is 17.9 Å². The first kappa shape index (κ1) is 15.6. The predicted octanol–water partition coefficient (Wildman–Crippen LogP) is 1.82. The Labute approximate surface area is 138 Å². The number of halogens is 2. The summed E-state index contributed by atoms with van der Waals surface area (Å²) in [6.07, 6.45) is 1.42. The normalized spacial score (nSPS) is 24.8. The maximum atomic E-state index is 12.5. The Balaban J connectivity index is 1.68. The van der Waals surface area contributed by atoms with Crippen LogP contribution in [0.2, 0.25) is 10.0 Å². The summed E-state index contributed by atoms with van der Waals surface area (Å²) in [5.41, 5.74) is 0.678. The lowest BCUT2D eigenvalue weighted by Crippen LogP contribution is -2.42. The van der Waals surface area contributed by atoms with E-state index in [0.29, 0.717) is 28.7 Å². The van der Waals surface area contributed by atoms with Gasteiger partial charge < -0.3 is 15.5 Å². The van der Waals surface area contributed by atoms with E-state index in [1.165, 1.54) is 0 Å². The van der Waals surface area contributed by atoms with E-state index in [1.807, 2.05) is 0 Å². The van der Waals surface area contributed by atoms with Crippen molar-refractivity contribution in [2.45, 2.75) is 18.9 Å². The molecule has 0 bridgehead atoms. The topological polar surface area (TPSA) is 61.4 Å². The van der Waals surface area contributed by atoms with Crippen LogP contribution in [0.25, 0.3) is 0 Å². The molecule has 5 nitrogen and oxygen atoms in total. The number of rotatable bonds is 3. The molecule has 2 unspecified atom stereocenters. The van der Waals surface area contributed by atoms with E-state index < -0.39 is 5.92 Å². The lowest BCUT2D eigenvalue weighted by Gasteiger charge is -2.18. The molecule has 0 aromatic heterocycles. The minimum Gasteiger partial charge on any atom is -0.351 e. The standard InChI is InChI=1S/C15H17Cl2N3O2/c16-12-2-1-10(7-13(12)17)20-6-4-11(15(20)22)14(21)19-9-3-5-18-8-9/h1-2,7,9,11,18H,3-6,8H2,(H,19,21). The van der Waals surface area contributed by atoms with Crippen molar-refractivity contribution in [2.75, 3.05) is 24.5 Å². The zero-order valence-electron chi connectivity index (χ0n) is 11.9. The Kier molecular flexibility index (Phi) is 4.57. The third-order valence-electron chi connectivity index (χ3n) is 4.14. The van der Waals surface area contributed by atoms with Gasteiger partial charge in [-0.25, -0.2) is 0 Å². The SMILES string of the molecule is O=C(NC1CCNC1)C1CCN(c2ccc(Cl)c(Cl)c2)C1=O. The largest absolute Gasteiger partial charge is 0.351 e. The zero-order valence-corrected chi connectivity index (χ0v) is 13.5. The van der Waals surface area contributed by atoms with E-state index in [2.05, 4.69) is 10.6 Å². The van der Waals surface area contributed by atoms with Crippen molar-refractivity contribution in [2.24, 2.45) is 5.92 Å². The van der Waals surface area contributed by atoms with E-state index in [4.69, 9.17) is 23.2 Å². The van der Waals surface area contributed by atoms with Crippen molar-refractivity contribution in [3.05, 3.63) is 28.2 Å². The number of nitrogens with zero attached hydrogens (tertiary/aromatic N) is 1. The third-order valence-corrected chi connectivity index (χ3v) is 4.88. The van der Waals surface area contributed by atoms with Crippen LogP contribution < -0.4 is 15.5 Å². The first-order chi connectivity index (χ1) is 10.6. The number of nitrogens with one attached hydrogen (secondary N) is 2. The van der Waals surface area contributed by atoms with E-state index >= 15 is 0 Å². The number of benzene rings is 1. The molecule has 2 atom stereocenters. The molecule has 3 rings (SSSR count). The van der Waals surface area contributed by atoms with Gasteiger partial charge in [0, 0.05) is 24.8 Å². The van der Waals surface area contributed by atoms with Crippen LogP contribution in [0.1, 0.15) is 12.8 Å². The molecule has 2 N–H and O–H groups in total. The highest BCUT2D eigenvalue weighted by molar-refractivity contribution is 6.42. The van der Waals surface area contributed by atoms with Crippen molar-refractivity contribution < 1.29 is 9.59 Å². The Hall–Kier alpha value is -1.30. The summed E-state index contributed by atoms with van der Waals surface area (Å²) >= 11 is 11.9. The lowest BCUT2D eigenvalue weighted by atomic mass is 10.1. The molecule has 0 radical (unpaired) electrons. The summed E-state index contributed by atoms with van der Waals surface area (Å²) in [6.45, 7) is 2.18. The minimum absolute atomic E-state index is 0.124. The molecule has 22 heavy (non-hydrogen) atoms. The molecule has 2 saturated heterocycles. The highest BCUT2D eigenvalue weighted by Gasteiger charge is 2.38. The second kappa shape index (κ2) is 6.44. The molecule has 2 aliphatic rings. The summed E-state index contributed by atoms with van der Waals surface area (Å²) < 4.78 is 0. The van der Waals surface area contributed by atoms with Crippen molar-refractivity contribution >= 4 is 40.7 Å². The maximum Gasteiger partial charge on any atom is 0.239 e. The fraction of sp³-hybridized carbons (Fsp3) is 0.467. The minimum atomic E-state index is -0.616. The van der Waals surface area contributed by atoms with Crippen LogP contribution in [0.3, 0.4) is 0 Å². The average Bonchev–Trinajstić information content (AvgIpc) is 3.11. The number of carbonyl (C=O) groups excluding carboxylic acids is 2. The highest BCUT2D eigenvalue weighted by atomic mass is 35.5. The molecule has 2 heterocycles. The van der Waals surface area contributed by atoms with Gasteiger partial charge in [-0.3, -0.25) is 9.59 Å². The van der Waals surface area contributed by atoms with Crippen molar-refractivity contribution in [1.82, 2.24) is 10.6 Å². The molecule has 1 aromatic rings. The van der Waals surface area contributed by atoms with Gasteiger partial charge >= 0.3 is 0 Å². The second-order valence-corrected chi connectivity index (χ2v) is 6.44. The Morgan fingerprint density at radius 3 is 2.77 bits per heavy atom. The fourth-order valence-electron chi connectivity index (χ4n) is 2.91. The van der Waals surface area contributed by atoms with Crippen LogP contribution in [0.15, 0.2) is 18.2 Å². The summed E-state index contributed by atoms with van der Waals surface area (Å²) in [5.74, 6) is -0.974. The molecule has 0 saturated carbocycles. The molecule has 2 aliphatic heterocycles. The summed E-state index contributed by atoms with van der Waals surface area (Å²) in [4.78, 5) is 26.4. The van der Waals surface area contributed by atoms with Crippen molar-refractivity contribution in [3.63, 3.8) is 0 Å². The smallest absolute Gasteiger partial charge is 0.239 e. The van der Waals surface area contributed by atoms with Crippen LogP contribution in [0.4, 0.5) is 5.69 Å². The first-order valence-electron chi connectivity index (χ1n) is 7.34. The summed E-state index contributed by atoms with van der Waals surface area (Å²) in [7, 11) is 0. The van der Waals surface area contributed by atoms with Crippen LogP contribution in [0.5, 0.6) is 0 Å². The van der Waals surface area contributed by atoms with Gasteiger partial charge in [-0.1, -0.05) is 23.2 Å². The van der Waals surface area contributed by atoms with Gasteiger partial charge in [0.05, 0.1) is 10.0 Å². The van der Waals surface area contributed by atoms with Crippen LogP contribution in [-0.2, 0) is 9.59 Å². The molecule has 7 heteroatoms. The molecule has 2 amide bonds. The molecular weight excluding hydrogens is 325 g/mol. The monoisotopic (exact) mass is 341 g/mol. The molecule has 1 aromatic carbocycles. The number of hydrogen-bond donors (Lipinski definition) is 2. The Bertz CT molecular complexity index is 602. The zero-order chi connectivity index (χ0) is 15.7. The highest BCUT2D eigenvalue weighted by Crippen LogP contribution is 2.31. The Morgan fingerprint density at radius 2 is 2.09 bits per heavy atom. The van der Waals surface area contributed by atoms with Gasteiger partial charge in [-0.15, -0.1) is 0 Å². The van der Waals surface area contributed by atoms with Crippen molar-refractivity contribution in [3.8, 4) is 0 Å². The van der Waals surface area contributed by atoms with Gasteiger partial charge in [0.2, 0.25) is 11.8 Å². The van der Waals surface area contributed by atoms with E-state index in [1.54, 1.807) is 23.1 Å². The average molecular weight is 342 g/mol. The second-order valence-electron chi connectivity index (χ2n) is 5.63. The van der Waals surface area contributed by atoms with Crippen LogP contribution >= 0.6 is 23.2 Å². The summed E-state index contributed by atoms with van der Waals surface area (Å²) in [6, 6.07) is 5.18. The molecule has 2 fully saturated rings. The third kappa shape index (κ3) is 3.07. The molecule has 0 spiro atoms. The number of anilines is 1. The quantitative estimate of drug-likeness (QED) is 0.824. The van der Waals surface area contributed by atoms with Gasteiger partial charge in [0.15, 0.2) is 0 Å². The number of amides is 2. The summed E-state index contributed by atoms with van der Waals surface area (Å²) in [5, 5.41) is 6.98. The Morgan fingerprint density at radius 1 is 1.27 bits per heavy atom. The molecular formula is C15H17Cl2N3O2. The van der Waals surface area contributed by atoms with Crippen molar-refractivity contribution in [1.29, 1.82) is 0 Å². The fourth-order valence-corrected chi connectivity index (χ4v) is 3.20. The first-order valence-corrected chi connectivity index (χ1v) is 8.09. The van der Waals surface area contributed by atoms with E-state index in [0.717, 1.165) is 19.5 Å². The molecule has 0 aliphatic carbocycles. The van der Waals surface area contributed by atoms with Crippen LogP contribution in [0, 0.1) is 5.92 Å². The van der Waals surface area contributed by atoms with Gasteiger partial charge in [0.25, 0.3) is 0 Å². The van der Waals surface area contributed by atoms with Gasteiger partial charge in [0.1, 0.15) is 5.92 Å². The van der Waals surface area contributed by atoms with Gasteiger partial charge in [-0.05, 0) is 37.6 Å². The van der Waals surface area contributed by atoms with Gasteiger partial charge in [-0.2, -0.15) is 0 Å². The lowest BCUT2D eigenvalue weighted by molar-refractivity contribution is -0.132. The maximum absolute atomic E-state index is 12.5. The molecule has 118 valence electrons. The van der Waals surface area contributed by atoms with Crippen LogP contribution in [-0.4, -0.2) is 37.5 Å². The predicted molar refractivity (Wildman–Crippen MR) is 86.3 cm³/mol.